The van der Waals surface area contributed by atoms with Crippen molar-refractivity contribution in [3.05, 3.63) is 88.0 Å². The summed E-state index contributed by atoms with van der Waals surface area (Å²) in [5.74, 6) is 0.0343. The molecule has 4 amide bonds. The lowest BCUT2D eigenvalue weighted by molar-refractivity contribution is -0.117. The minimum atomic E-state index is -0.582. The predicted octanol–water partition coefficient (Wildman–Crippen LogP) is 6.56. The Kier molecular flexibility index (Phi) is 9.65. The molecule has 0 atom stereocenters. The molecular formula is C30H29Cl2N5O4. The van der Waals surface area contributed by atoms with Crippen molar-refractivity contribution in [3.63, 3.8) is 0 Å². The number of likely N-dealkylation sites (N-methyl/N-ethyl adjacent to an activating group) is 1. The van der Waals surface area contributed by atoms with Crippen LogP contribution in [-0.4, -0.2) is 36.4 Å². The lowest BCUT2D eigenvalue weighted by Gasteiger charge is -2.21. The number of hydrogen-bond donors (Lipinski definition) is 3. The van der Waals surface area contributed by atoms with Gasteiger partial charge in [0.15, 0.2) is 0 Å². The minimum absolute atomic E-state index is 0.0563. The van der Waals surface area contributed by atoms with E-state index in [1.807, 2.05) is 37.3 Å². The highest BCUT2D eigenvalue weighted by molar-refractivity contribution is 6.38. The molecule has 0 aliphatic rings. The highest BCUT2D eigenvalue weighted by Gasteiger charge is 2.19. The first kappa shape index (κ1) is 29.6. The molecule has 4 rings (SSSR count). The summed E-state index contributed by atoms with van der Waals surface area (Å²) < 4.78 is 6.07. The van der Waals surface area contributed by atoms with Crippen molar-refractivity contribution in [1.29, 1.82) is 0 Å². The van der Waals surface area contributed by atoms with E-state index in [2.05, 4.69) is 20.9 Å². The molecule has 0 bridgehead atoms. The second kappa shape index (κ2) is 13.3. The third kappa shape index (κ3) is 7.45. The number of urea groups is 1. The number of pyridine rings is 1. The molecule has 1 aromatic heterocycles. The SMILES string of the molecule is CCC(=O)Nc1cccc(NC(=O)NCC(=O)N(C)c2ccc(Cl)c(COc3cccc4ccc(C)nc34)c2Cl)c1. The van der Waals surface area contributed by atoms with E-state index in [-0.39, 0.29) is 24.1 Å². The molecule has 0 unspecified atom stereocenters. The number of nitrogens with zero attached hydrogens (tertiary/aromatic N) is 2. The highest BCUT2D eigenvalue weighted by atomic mass is 35.5. The second-order valence-corrected chi connectivity index (χ2v) is 9.96. The quantitative estimate of drug-likeness (QED) is 0.203. The first-order valence-corrected chi connectivity index (χ1v) is 13.6. The number of carbonyl (C=O) groups excluding carboxylic acids is 3. The van der Waals surface area contributed by atoms with E-state index in [0.29, 0.717) is 39.8 Å². The van der Waals surface area contributed by atoms with Crippen LogP contribution < -0.4 is 25.6 Å². The van der Waals surface area contributed by atoms with Gasteiger partial charge < -0.3 is 25.6 Å². The molecule has 4 aromatic rings. The van der Waals surface area contributed by atoms with Crippen molar-refractivity contribution in [2.75, 3.05) is 29.1 Å². The van der Waals surface area contributed by atoms with Crippen molar-refractivity contribution >= 4 is 69.0 Å². The van der Waals surface area contributed by atoms with Gasteiger partial charge in [0.05, 0.1) is 17.3 Å². The van der Waals surface area contributed by atoms with E-state index in [9.17, 15) is 14.4 Å². The second-order valence-electron chi connectivity index (χ2n) is 9.17. The predicted molar refractivity (Wildman–Crippen MR) is 163 cm³/mol. The molecule has 0 saturated carbocycles. The summed E-state index contributed by atoms with van der Waals surface area (Å²) in [6.07, 6.45) is 0.335. The largest absolute Gasteiger partial charge is 0.487 e. The number of hydrogen-bond acceptors (Lipinski definition) is 5. The van der Waals surface area contributed by atoms with Gasteiger partial charge in [-0.05, 0) is 49.4 Å². The van der Waals surface area contributed by atoms with Gasteiger partial charge in [0, 0.05) is 46.5 Å². The van der Waals surface area contributed by atoms with Crippen LogP contribution >= 0.6 is 23.2 Å². The fourth-order valence-electron chi connectivity index (χ4n) is 3.97. The van der Waals surface area contributed by atoms with Crippen LogP contribution in [-0.2, 0) is 16.2 Å². The maximum Gasteiger partial charge on any atom is 0.319 e. The number of carbonyl (C=O) groups is 3. The van der Waals surface area contributed by atoms with Gasteiger partial charge in [0.25, 0.3) is 0 Å². The van der Waals surface area contributed by atoms with E-state index in [1.165, 1.54) is 4.90 Å². The fourth-order valence-corrected chi connectivity index (χ4v) is 4.58. The number of aromatic nitrogens is 1. The third-order valence-corrected chi connectivity index (χ3v) is 7.00. The molecule has 0 fully saturated rings. The average Bonchev–Trinajstić information content (AvgIpc) is 2.95. The van der Waals surface area contributed by atoms with E-state index >= 15 is 0 Å². The zero-order valence-corrected chi connectivity index (χ0v) is 24.3. The maximum atomic E-state index is 12.9. The molecule has 11 heteroatoms. The lowest BCUT2D eigenvalue weighted by atomic mass is 10.1. The standard InChI is InChI=1S/C30H29Cl2N5O4/c1-4-26(38)35-20-8-6-9-21(15-20)36-30(40)33-16-27(39)37(3)24-14-13-23(31)22(28(24)32)17-41-25-10-5-7-19-12-11-18(2)34-29(19)25/h5-15H,4,16-17H2,1-3H3,(H,35,38)(H2,33,36,40). The normalized spacial score (nSPS) is 10.7. The van der Waals surface area contributed by atoms with Crippen LogP contribution in [0, 0.1) is 6.92 Å². The first-order valence-electron chi connectivity index (χ1n) is 12.8. The summed E-state index contributed by atoms with van der Waals surface area (Å²) in [4.78, 5) is 42.9. The average molecular weight is 594 g/mol. The maximum absolute atomic E-state index is 12.9. The van der Waals surface area contributed by atoms with Gasteiger partial charge in [-0.2, -0.15) is 0 Å². The van der Waals surface area contributed by atoms with Gasteiger partial charge >= 0.3 is 6.03 Å². The molecule has 0 saturated heterocycles. The molecule has 0 radical (unpaired) electrons. The molecule has 0 aliphatic heterocycles. The topological polar surface area (TPSA) is 113 Å². The Hall–Kier alpha value is -4.34. The Morgan fingerprint density at radius 2 is 1.68 bits per heavy atom. The molecule has 212 valence electrons. The van der Waals surface area contributed by atoms with Crippen molar-refractivity contribution in [2.45, 2.75) is 26.9 Å². The summed E-state index contributed by atoms with van der Waals surface area (Å²) >= 11 is 13.1. The van der Waals surface area contributed by atoms with Crippen LogP contribution in [0.4, 0.5) is 21.9 Å². The number of aryl methyl sites for hydroxylation is 1. The smallest absolute Gasteiger partial charge is 0.319 e. The van der Waals surface area contributed by atoms with Crippen LogP contribution in [0.25, 0.3) is 10.9 Å². The van der Waals surface area contributed by atoms with Gasteiger partial charge in [-0.15, -0.1) is 0 Å². The molecule has 41 heavy (non-hydrogen) atoms. The zero-order chi connectivity index (χ0) is 29.5. The van der Waals surface area contributed by atoms with E-state index in [4.69, 9.17) is 27.9 Å². The van der Waals surface area contributed by atoms with Crippen molar-refractivity contribution in [3.8, 4) is 5.75 Å². The number of rotatable bonds is 9. The number of ether oxygens (including phenoxy) is 1. The number of amides is 4. The van der Waals surface area contributed by atoms with E-state index < -0.39 is 11.9 Å². The van der Waals surface area contributed by atoms with Crippen molar-refractivity contribution < 1.29 is 19.1 Å². The third-order valence-electron chi connectivity index (χ3n) is 6.22. The Labute approximate surface area is 247 Å². The number of fused-ring (bicyclic) bond motifs is 1. The van der Waals surface area contributed by atoms with E-state index in [1.54, 1.807) is 50.4 Å². The molecule has 3 N–H and O–H groups in total. The van der Waals surface area contributed by atoms with Crippen molar-refractivity contribution in [1.82, 2.24) is 10.3 Å². The van der Waals surface area contributed by atoms with Gasteiger partial charge in [0.2, 0.25) is 11.8 Å². The highest BCUT2D eigenvalue weighted by Crippen LogP contribution is 2.35. The van der Waals surface area contributed by atoms with Crippen molar-refractivity contribution in [2.24, 2.45) is 0 Å². The van der Waals surface area contributed by atoms with Gasteiger partial charge in [-0.3, -0.25) is 9.59 Å². The van der Waals surface area contributed by atoms with E-state index in [0.717, 1.165) is 16.6 Å². The Bertz CT molecular complexity index is 1610. The molecule has 3 aromatic carbocycles. The Balaban J connectivity index is 1.39. The van der Waals surface area contributed by atoms with Gasteiger partial charge in [-0.1, -0.05) is 54.4 Å². The number of para-hydroxylation sites is 1. The Morgan fingerprint density at radius 3 is 2.44 bits per heavy atom. The molecule has 0 spiro atoms. The summed E-state index contributed by atoms with van der Waals surface area (Å²) in [7, 11) is 1.55. The summed E-state index contributed by atoms with van der Waals surface area (Å²) in [6, 6.07) is 18.9. The zero-order valence-electron chi connectivity index (χ0n) is 22.8. The van der Waals surface area contributed by atoms with Crippen LogP contribution in [0.15, 0.2) is 66.7 Å². The monoisotopic (exact) mass is 593 g/mol. The molecule has 1 heterocycles. The number of benzene rings is 3. The number of anilines is 3. The number of nitrogens with one attached hydrogen (secondary N) is 3. The first-order chi connectivity index (χ1) is 19.7. The summed E-state index contributed by atoms with van der Waals surface area (Å²) in [6.45, 7) is 3.42. The van der Waals surface area contributed by atoms with Crippen LogP contribution in [0.2, 0.25) is 10.0 Å². The van der Waals surface area contributed by atoms with Gasteiger partial charge in [-0.25, -0.2) is 9.78 Å². The Morgan fingerprint density at radius 1 is 0.951 bits per heavy atom. The van der Waals surface area contributed by atoms with Crippen LogP contribution in [0.5, 0.6) is 5.75 Å². The lowest BCUT2D eigenvalue weighted by Crippen LogP contribution is -2.40. The van der Waals surface area contributed by atoms with Gasteiger partial charge in [0.1, 0.15) is 17.9 Å². The van der Waals surface area contributed by atoms with Crippen LogP contribution in [0.1, 0.15) is 24.6 Å². The summed E-state index contributed by atoms with van der Waals surface area (Å²) in [5, 5.41) is 9.50. The molecule has 0 aliphatic carbocycles. The number of halogens is 2. The minimum Gasteiger partial charge on any atom is -0.487 e. The molecular weight excluding hydrogens is 565 g/mol. The summed E-state index contributed by atoms with van der Waals surface area (Å²) in [5.41, 5.74) is 3.52. The van der Waals surface area contributed by atoms with Crippen LogP contribution in [0.3, 0.4) is 0 Å². The fraction of sp³-hybridized carbons (Fsp3) is 0.200. The molecule has 9 nitrogen and oxygen atoms in total.